The average Bonchev–Trinajstić information content (AvgIpc) is 3.06. The number of hydrogen-bond donors (Lipinski definition) is 0. The van der Waals surface area contributed by atoms with Crippen LogP contribution in [0.4, 0.5) is 0 Å². The molecule has 1 atom stereocenters. The van der Waals surface area contributed by atoms with Crippen molar-refractivity contribution in [2.45, 2.75) is 26.3 Å². The summed E-state index contributed by atoms with van der Waals surface area (Å²) in [6.07, 6.45) is 4.01. The Hall–Kier alpha value is -2.46. The average molecular weight is 342 g/mol. The first-order valence-corrected chi connectivity index (χ1v) is 9.53. The monoisotopic (exact) mass is 342 g/mol. The maximum Gasteiger partial charge on any atom is 0.152 e. The van der Waals surface area contributed by atoms with Gasteiger partial charge in [-0.2, -0.15) is 10.4 Å². The molecule has 0 radical (unpaired) electrons. The molecule has 0 spiro atoms. The fourth-order valence-corrected chi connectivity index (χ4v) is 4.73. The van der Waals surface area contributed by atoms with Crippen LogP contribution in [0, 0.1) is 25.2 Å². The first-order chi connectivity index (χ1) is 11.4. The van der Waals surface area contributed by atoms with Gasteiger partial charge >= 0.3 is 0 Å². The van der Waals surface area contributed by atoms with Crippen LogP contribution >= 0.6 is 0 Å². The van der Waals surface area contributed by atoms with Gasteiger partial charge in [-0.25, -0.2) is 8.42 Å². The second-order valence-electron chi connectivity index (χ2n) is 5.97. The zero-order chi connectivity index (χ0) is 17.3. The van der Waals surface area contributed by atoms with Crippen molar-refractivity contribution in [3.63, 3.8) is 0 Å². The van der Waals surface area contributed by atoms with E-state index in [1.807, 2.05) is 19.9 Å². The molecule has 1 fully saturated rings. The summed E-state index contributed by atoms with van der Waals surface area (Å²) in [6.45, 7) is 3.77. The summed E-state index contributed by atoms with van der Waals surface area (Å²) in [5, 5.41) is 14.0. The molecule has 0 saturated carbocycles. The van der Waals surface area contributed by atoms with Crippen molar-refractivity contribution < 1.29 is 8.42 Å². The zero-order valence-corrected chi connectivity index (χ0v) is 14.4. The quantitative estimate of drug-likeness (QED) is 0.799. The number of hydrogen-bond acceptors (Lipinski definition) is 5. The smallest absolute Gasteiger partial charge is 0.152 e. The second-order valence-corrected chi connectivity index (χ2v) is 8.20. The number of aromatic nitrogens is 3. The lowest BCUT2D eigenvalue weighted by molar-refractivity contribution is 0.486. The maximum atomic E-state index is 11.7. The summed E-state index contributed by atoms with van der Waals surface area (Å²) in [7, 11) is -2.97. The Morgan fingerprint density at radius 1 is 1.42 bits per heavy atom. The topological polar surface area (TPSA) is 88.6 Å². The molecule has 0 bridgehead atoms. The van der Waals surface area contributed by atoms with Gasteiger partial charge in [0.15, 0.2) is 9.84 Å². The summed E-state index contributed by atoms with van der Waals surface area (Å²) in [6, 6.07) is 7.47. The third-order valence-electron chi connectivity index (χ3n) is 4.29. The molecule has 0 N–H and O–H groups in total. The van der Waals surface area contributed by atoms with Gasteiger partial charge in [0.2, 0.25) is 0 Å². The minimum Gasteiger partial charge on any atom is -0.265 e. The summed E-state index contributed by atoms with van der Waals surface area (Å²) in [5.41, 5.74) is 3.57. The molecule has 0 aliphatic carbocycles. The molecule has 24 heavy (non-hydrogen) atoms. The number of sulfone groups is 1. The molecule has 3 heterocycles. The van der Waals surface area contributed by atoms with E-state index in [1.54, 1.807) is 29.1 Å². The lowest BCUT2D eigenvalue weighted by atomic mass is 10.1. The van der Waals surface area contributed by atoms with Crippen molar-refractivity contribution in [1.82, 2.24) is 14.8 Å². The molecule has 3 rings (SSSR count). The Morgan fingerprint density at radius 3 is 2.79 bits per heavy atom. The summed E-state index contributed by atoms with van der Waals surface area (Å²) in [5.74, 6) is 0.335. The normalized spacial score (nSPS) is 20.0. The SMILES string of the molecule is Cc1nn([C@H]2CCS(=O)(=O)C2)c(C)c1/C=C(\C#N)c1ccccn1. The lowest BCUT2D eigenvalue weighted by Crippen LogP contribution is -2.13. The Kier molecular flexibility index (Phi) is 4.24. The van der Waals surface area contributed by atoms with Crippen LogP contribution in [0.3, 0.4) is 0 Å². The molecule has 1 aliphatic rings. The highest BCUT2D eigenvalue weighted by atomic mass is 32.2. The minimum absolute atomic E-state index is 0.128. The van der Waals surface area contributed by atoms with Crippen LogP contribution in [0.5, 0.6) is 0 Å². The Morgan fingerprint density at radius 2 is 2.21 bits per heavy atom. The molecule has 2 aromatic heterocycles. The number of nitriles is 1. The van der Waals surface area contributed by atoms with Gasteiger partial charge in [-0.3, -0.25) is 9.67 Å². The largest absolute Gasteiger partial charge is 0.265 e. The van der Waals surface area contributed by atoms with E-state index in [0.717, 1.165) is 17.0 Å². The Bertz CT molecular complexity index is 937. The van der Waals surface area contributed by atoms with Crippen molar-refractivity contribution in [1.29, 1.82) is 5.26 Å². The molecule has 6 nitrogen and oxygen atoms in total. The van der Waals surface area contributed by atoms with Crippen LogP contribution < -0.4 is 0 Å². The molecular formula is C17H18N4O2S. The number of rotatable bonds is 3. The van der Waals surface area contributed by atoms with Crippen LogP contribution in [0.2, 0.25) is 0 Å². The van der Waals surface area contributed by atoms with Crippen molar-refractivity contribution in [3.05, 3.63) is 47.0 Å². The van der Waals surface area contributed by atoms with E-state index in [0.29, 0.717) is 17.7 Å². The summed E-state index contributed by atoms with van der Waals surface area (Å²) < 4.78 is 25.2. The van der Waals surface area contributed by atoms with E-state index < -0.39 is 9.84 Å². The number of nitrogens with zero attached hydrogens (tertiary/aromatic N) is 4. The van der Waals surface area contributed by atoms with Gasteiger partial charge in [0.1, 0.15) is 6.07 Å². The Labute approximate surface area is 141 Å². The van der Waals surface area contributed by atoms with Crippen molar-refractivity contribution >= 4 is 21.5 Å². The fourth-order valence-electron chi connectivity index (χ4n) is 3.04. The molecular weight excluding hydrogens is 324 g/mol. The third-order valence-corrected chi connectivity index (χ3v) is 6.04. The van der Waals surface area contributed by atoms with E-state index in [1.165, 1.54) is 0 Å². The van der Waals surface area contributed by atoms with Crippen LogP contribution in [-0.4, -0.2) is 34.7 Å². The van der Waals surface area contributed by atoms with Gasteiger partial charge in [-0.05, 0) is 38.5 Å². The predicted octanol–water partition coefficient (Wildman–Crippen LogP) is 2.32. The second kappa shape index (κ2) is 6.21. The molecule has 0 unspecified atom stereocenters. The van der Waals surface area contributed by atoms with Crippen LogP contribution in [0.15, 0.2) is 24.4 Å². The standard InChI is InChI=1S/C17H18N4O2S/c1-12-16(9-14(10-18)17-5-3-4-7-19-17)13(2)21(20-12)15-6-8-24(22,23)11-15/h3-5,7,9,15H,6,8,11H2,1-2H3/b14-9+/t15-/m0/s1. The minimum atomic E-state index is -2.97. The van der Waals surface area contributed by atoms with Gasteiger partial charge in [0.05, 0.1) is 34.5 Å². The predicted molar refractivity (Wildman–Crippen MR) is 91.7 cm³/mol. The van der Waals surface area contributed by atoms with E-state index >= 15 is 0 Å². The Balaban J connectivity index is 2.01. The third kappa shape index (κ3) is 3.10. The number of pyridine rings is 1. The first-order valence-electron chi connectivity index (χ1n) is 7.70. The van der Waals surface area contributed by atoms with Crippen molar-refractivity contribution in [2.24, 2.45) is 0 Å². The van der Waals surface area contributed by atoms with Crippen LogP contribution in [0.25, 0.3) is 11.6 Å². The van der Waals surface area contributed by atoms with Crippen molar-refractivity contribution in [3.8, 4) is 6.07 Å². The lowest BCUT2D eigenvalue weighted by Gasteiger charge is -2.11. The van der Waals surface area contributed by atoms with E-state index in [4.69, 9.17) is 0 Å². The fraction of sp³-hybridized carbons (Fsp3) is 0.353. The zero-order valence-electron chi connectivity index (χ0n) is 13.6. The highest BCUT2D eigenvalue weighted by molar-refractivity contribution is 7.91. The number of allylic oxidation sites excluding steroid dienone is 1. The summed E-state index contributed by atoms with van der Waals surface area (Å²) in [4.78, 5) is 4.21. The molecule has 1 aliphatic heterocycles. The van der Waals surface area contributed by atoms with Crippen molar-refractivity contribution in [2.75, 3.05) is 11.5 Å². The number of aryl methyl sites for hydroxylation is 1. The maximum absolute atomic E-state index is 11.7. The van der Waals surface area contributed by atoms with Gasteiger partial charge in [-0.15, -0.1) is 0 Å². The highest BCUT2D eigenvalue weighted by Crippen LogP contribution is 2.28. The first kappa shape index (κ1) is 16.4. The van der Waals surface area contributed by atoms with Gasteiger partial charge in [0, 0.05) is 17.5 Å². The van der Waals surface area contributed by atoms with Crippen LogP contribution in [0.1, 0.15) is 35.1 Å². The molecule has 124 valence electrons. The van der Waals surface area contributed by atoms with Gasteiger partial charge < -0.3 is 0 Å². The van der Waals surface area contributed by atoms with E-state index in [2.05, 4.69) is 16.2 Å². The highest BCUT2D eigenvalue weighted by Gasteiger charge is 2.31. The molecule has 0 aromatic carbocycles. The van der Waals surface area contributed by atoms with E-state index in [-0.39, 0.29) is 17.5 Å². The molecule has 2 aromatic rings. The van der Waals surface area contributed by atoms with Gasteiger partial charge in [0.25, 0.3) is 0 Å². The van der Waals surface area contributed by atoms with Crippen LogP contribution in [-0.2, 0) is 9.84 Å². The molecule has 1 saturated heterocycles. The van der Waals surface area contributed by atoms with E-state index in [9.17, 15) is 13.7 Å². The van der Waals surface area contributed by atoms with Gasteiger partial charge in [-0.1, -0.05) is 6.07 Å². The summed E-state index contributed by atoms with van der Waals surface area (Å²) >= 11 is 0. The molecule has 7 heteroatoms. The molecule has 0 amide bonds.